The molecular weight excluding hydrogens is 340 g/mol. The van der Waals surface area contributed by atoms with E-state index in [9.17, 15) is 9.59 Å². The van der Waals surface area contributed by atoms with Gasteiger partial charge in [-0.1, -0.05) is 18.2 Å². The summed E-state index contributed by atoms with van der Waals surface area (Å²) >= 11 is 0. The Bertz CT molecular complexity index is 741. The summed E-state index contributed by atoms with van der Waals surface area (Å²) in [6.45, 7) is 6.21. The first kappa shape index (κ1) is 18.4. The molecule has 3 aliphatic heterocycles. The molecule has 0 radical (unpaired) electrons. The standard InChI is InChI=1S/C21H30N4O2/c1-16-14-17-6-4-5-7-18(17)25(16)20(27)19(26)24-13-12-23(3)21(15-24)8-10-22(2)11-9-21/h4-7,16H,8-15H2,1-3H3/t16-/m0/s1. The van der Waals surface area contributed by atoms with Crippen molar-refractivity contribution in [2.45, 2.75) is 37.8 Å². The Kier molecular flexibility index (Phi) is 4.72. The smallest absolute Gasteiger partial charge is 0.316 e. The number of hydrogen-bond donors (Lipinski definition) is 0. The van der Waals surface area contributed by atoms with E-state index >= 15 is 0 Å². The van der Waals surface area contributed by atoms with E-state index in [1.807, 2.05) is 31.2 Å². The van der Waals surface area contributed by atoms with E-state index in [2.05, 4.69) is 23.9 Å². The third kappa shape index (κ3) is 3.15. The molecule has 1 spiro atoms. The third-order valence-corrected chi connectivity index (χ3v) is 6.81. The number of rotatable bonds is 0. The lowest BCUT2D eigenvalue weighted by molar-refractivity contribution is -0.149. The largest absolute Gasteiger partial charge is 0.331 e. The minimum Gasteiger partial charge on any atom is -0.331 e. The second-order valence-electron chi connectivity index (χ2n) is 8.53. The van der Waals surface area contributed by atoms with Crippen LogP contribution < -0.4 is 4.90 Å². The molecule has 3 aliphatic rings. The Morgan fingerprint density at radius 2 is 1.70 bits per heavy atom. The number of likely N-dealkylation sites (N-methyl/N-ethyl adjacent to an activating group) is 1. The maximum Gasteiger partial charge on any atom is 0.316 e. The van der Waals surface area contributed by atoms with Crippen molar-refractivity contribution in [1.29, 1.82) is 0 Å². The van der Waals surface area contributed by atoms with Crippen LogP contribution >= 0.6 is 0 Å². The van der Waals surface area contributed by atoms with Gasteiger partial charge in [0.2, 0.25) is 0 Å². The zero-order chi connectivity index (χ0) is 19.2. The van der Waals surface area contributed by atoms with Crippen LogP contribution in [0.5, 0.6) is 0 Å². The average Bonchev–Trinajstić information content (AvgIpc) is 3.01. The van der Waals surface area contributed by atoms with Crippen LogP contribution in [0.4, 0.5) is 5.69 Å². The Balaban J connectivity index is 1.52. The molecule has 2 saturated heterocycles. The molecule has 0 N–H and O–H groups in total. The van der Waals surface area contributed by atoms with Crippen LogP contribution in [0.15, 0.2) is 24.3 Å². The van der Waals surface area contributed by atoms with Crippen molar-refractivity contribution < 1.29 is 9.59 Å². The molecule has 6 nitrogen and oxygen atoms in total. The fourth-order valence-electron chi connectivity index (χ4n) is 4.92. The topological polar surface area (TPSA) is 47.1 Å². The second-order valence-corrected chi connectivity index (χ2v) is 8.53. The van der Waals surface area contributed by atoms with E-state index in [4.69, 9.17) is 0 Å². The number of nitrogens with zero attached hydrogens (tertiary/aromatic N) is 4. The molecule has 1 atom stereocenters. The van der Waals surface area contributed by atoms with Crippen molar-refractivity contribution >= 4 is 17.5 Å². The van der Waals surface area contributed by atoms with Crippen LogP contribution in [-0.2, 0) is 16.0 Å². The number of benzene rings is 1. The number of likely N-dealkylation sites (tertiary alicyclic amines) is 1. The van der Waals surface area contributed by atoms with Crippen molar-refractivity contribution in [3.63, 3.8) is 0 Å². The number of piperazine rings is 1. The summed E-state index contributed by atoms with van der Waals surface area (Å²) < 4.78 is 0. The Morgan fingerprint density at radius 3 is 2.44 bits per heavy atom. The quantitative estimate of drug-likeness (QED) is 0.644. The third-order valence-electron chi connectivity index (χ3n) is 6.81. The highest BCUT2D eigenvalue weighted by Gasteiger charge is 2.45. The SMILES string of the molecule is C[C@H]1Cc2ccccc2N1C(=O)C(=O)N1CCN(C)C2(CCN(C)CC2)C1. The van der Waals surface area contributed by atoms with Gasteiger partial charge in [-0.05, 0) is 65.0 Å². The predicted molar refractivity (Wildman–Crippen MR) is 106 cm³/mol. The molecule has 146 valence electrons. The van der Waals surface area contributed by atoms with Gasteiger partial charge in [0, 0.05) is 36.9 Å². The van der Waals surface area contributed by atoms with Gasteiger partial charge in [-0.25, -0.2) is 0 Å². The summed E-state index contributed by atoms with van der Waals surface area (Å²) in [7, 11) is 4.31. The molecule has 1 aromatic rings. The molecule has 2 fully saturated rings. The van der Waals surface area contributed by atoms with Crippen LogP contribution in [0.2, 0.25) is 0 Å². The van der Waals surface area contributed by atoms with Crippen molar-refractivity contribution in [3.8, 4) is 0 Å². The van der Waals surface area contributed by atoms with Crippen molar-refractivity contribution in [1.82, 2.24) is 14.7 Å². The normalized spacial score (nSPS) is 25.7. The van der Waals surface area contributed by atoms with Gasteiger partial charge < -0.3 is 14.7 Å². The number of amides is 2. The number of carbonyl (C=O) groups excluding carboxylic acids is 2. The predicted octanol–water partition coefficient (Wildman–Crippen LogP) is 1.20. The summed E-state index contributed by atoms with van der Waals surface area (Å²) in [5.41, 5.74) is 2.05. The van der Waals surface area contributed by atoms with E-state index in [0.29, 0.717) is 13.1 Å². The van der Waals surface area contributed by atoms with Gasteiger partial charge in [0.25, 0.3) is 0 Å². The molecule has 6 heteroatoms. The van der Waals surface area contributed by atoms with E-state index in [1.165, 1.54) is 0 Å². The number of para-hydroxylation sites is 1. The molecule has 4 rings (SSSR count). The number of hydrogen-bond acceptors (Lipinski definition) is 4. The lowest BCUT2D eigenvalue weighted by Crippen LogP contribution is -2.66. The molecule has 2 amide bonds. The van der Waals surface area contributed by atoms with E-state index in [-0.39, 0.29) is 23.4 Å². The molecule has 0 aliphatic carbocycles. The van der Waals surface area contributed by atoms with Gasteiger partial charge in [-0.2, -0.15) is 0 Å². The Morgan fingerprint density at radius 1 is 1.00 bits per heavy atom. The van der Waals surface area contributed by atoms with Gasteiger partial charge >= 0.3 is 11.8 Å². The van der Waals surface area contributed by atoms with Crippen molar-refractivity contribution in [2.75, 3.05) is 51.7 Å². The number of piperidine rings is 1. The first-order valence-electron chi connectivity index (χ1n) is 10.0. The van der Waals surface area contributed by atoms with Gasteiger partial charge in [0.15, 0.2) is 0 Å². The van der Waals surface area contributed by atoms with Crippen LogP contribution in [0.25, 0.3) is 0 Å². The lowest BCUT2D eigenvalue weighted by atomic mass is 9.84. The van der Waals surface area contributed by atoms with Gasteiger partial charge in [-0.15, -0.1) is 0 Å². The van der Waals surface area contributed by atoms with Crippen LogP contribution in [0.3, 0.4) is 0 Å². The summed E-state index contributed by atoms with van der Waals surface area (Å²) in [6.07, 6.45) is 2.90. The van der Waals surface area contributed by atoms with Crippen LogP contribution in [-0.4, -0.2) is 84.9 Å². The highest BCUT2D eigenvalue weighted by molar-refractivity contribution is 6.40. The van der Waals surface area contributed by atoms with E-state index in [0.717, 1.165) is 50.1 Å². The van der Waals surface area contributed by atoms with E-state index < -0.39 is 0 Å². The monoisotopic (exact) mass is 370 g/mol. The summed E-state index contributed by atoms with van der Waals surface area (Å²) in [5.74, 6) is -0.718. The van der Waals surface area contributed by atoms with Gasteiger partial charge in [0.1, 0.15) is 0 Å². The fraction of sp³-hybridized carbons (Fsp3) is 0.619. The van der Waals surface area contributed by atoms with Crippen LogP contribution in [0, 0.1) is 0 Å². The first-order valence-corrected chi connectivity index (χ1v) is 10.0. The first-order chi connectivity index (χ1) is 12.9. The molecule has 0 aromatic heterocycles. The van der Waals surface area contributed by atoms with E-state index in [1.54, 1.807) is 9.80 Å². The Hall–Kier alpha value is -1.92. The minimum atomic E-state index is -0.375. The Labute approximate surface area is 161 Å². The minimum absolute atomic E-state index is 0.00916. The summed E-state index contributed by atoms with van der Waals surface area (Å²) in [5, 5.41) is 0. The summed E-state index contributed by atoms with van der Waals surface area (Å²) in [6, 6.07) is 7.96. The van der Waals surface area contributed by atoms with Crippen LogP contribution in [0.1, 0.15) is 25.3 Å². The molecule has 27 heavy (non-hydrogen) atoms. The average molecular weight is 370 g/mol. The highest BCUT2D eigenvalue weighted by atomic mass is 16.2. The molecule has 0 saturated carbocycles. The lowest BCUT2D eigenvalue weighted by Gasteiger charge is -2.52. The van der Waals surface area contributed by atoms with Crippen molar-refractivity contribution in [2.24, 2.45) is 0 Å². The van der Waals surface area contributed by atoms with Gasteiger partial charge in [-0.3, -0.25) is 14.5 Å². The number of anilines is 1. The summed E-state index contributed by atoms with van der Waals surface area (Å²) in [4.78, 5) is 34.5. The molecule has 1 aromatic carbocycles. The number of carbonyl (C=O) groups is 2. The maximum atomic E-state index is 13.1. The van der Waals surface area contributed by atoms with Crippen molar-refractivity contribution in [3.05, 3.63) is 29.8 Å². The zero-order valence-corrected chi connectivity index (χ0v) is 16.6. The molecular formula is C21H30N4O2. The number of fused-ring (bicyclic) bond motifs is 1. The zero-order valence-electron chi connectivity index (χ0n) is 16.6. The molecule has 3 heterocycles. The maximum absolute atomic E-state index is 13.1. The molecule has 0 unspecified atom stereocenters. The highest BCUT2D eigenvalue weighted by Crippen LogP contribution is 2.34. The second kappa shape index (κ2) is 6.91. The fourth-order valence-corrected chi connectivity index (χ4v) is 4.92. The molecule has 0 bridgehead atoms. The van der Waals surface area contributed by atoms with Gasteiger partial charge in [0.05, 0.1) is 0 Å².